The Labute approximate surface area is 140 Å². The number of benzene rings is 1. The fourth-order valence-corrected chi connectivity index (χ4v) is 3.73. The molecule has 1 saturated carbocycles. The van der Waals surface area contributed by atoms with Gasteiger partial charge in [-0.25, -0.2) is 0 Å². The molecule has 1 unspecified atom stereocenters. The lowest BCUT2D eigenvalue weighted by Crippen LogP contribution is -2.40. The Kier molecular flexibility index (Phi) is 4.83. The number of amides is 2. The zero-order valence-corrected chi connectivity index (χ0v) is 13.5. The summed E-state index contributed by atoms with van der Waals surface area (Å²) in [6, 6.07) is 9.27. The van der Waals surface area contributed by atoms with E-state index in [9.17, 15) is 14.4 Å². The highest BCUT2D eigenvalue weighted by Gasteiger charge is 2.39. The smallest absolute Gasteiger partial charge is 0.306 e. The first kappa shape index (κ1) is 16.5. The number of nitrogens with one attached hydrogen (secondary N) is 1. The highest BCUT2D eigenvalue weighted by atomic mass is 16.4. The molecule has 6 nitrogen and oxygen atoms in total. The molecule has 24 heavy (non-hydrogen) atoms. The lowest BCUT2D eigenvalue weighted by atomic mass is 9.98. The van der Waals surface area contributed by atoms with Gasteiger partial charge in [0.2, 0.25) is 11.8 Å². The fraction of sp³-hybridized carbons (Fsp3) is 0.500. The van der Waals surface area contributed by atoms with Crippen molar-refractivity contribution >= 4 is 17.8 Å². The minimum absolute atomic E-state index is 0.0240. The van der Waals surface area contributed by atoms with Crippen molar-refractivity contribution in [1.29, 1.82) is 0 Å². The number of carbonyl (C=O) groups excluding carboxylic acids is 2. The van der Waals surface area contributed by atoms with Gasteiger partial charge in [-0.05, 0) is 24.8 Å². The molecule has 3 atom stereocenters. The molecule has 2 aliphatic rings. The van der Waals surface area contributed by atoms with E-state index in [1.54, 1.807) is 4.90 Å². The number of hydrogen-bond donors (Lipinski definition) is 2. The molecular formula is C18H22N2O4. The number of carboxylic acids is 1. The number of carboxylic acid groups (broad SMARTS) is 1. The Bertz CT molecular complexity index is 631. The molecule has 0 aromatic heterocycles. The number of rotatable bonds is 3. The predicted molar refractivity (Wildman–Crippen MR) is 87.0 cm³/mol. The van der Waals surface area contributed by atoms with Gasteiger partial charge in [-0.1, -0.05) is 30.3 Å². The van der Waals surface area contributed by atoms with E-state index in [1.807, 2.05) is 30.3 Å². The number of carbonyl (C=O) groups is 3. The molecule has 1 aromatic carbocycles. The lowest BCUT2D eigenvalue weighted by Gasteiger charge is -2.31. The van der Waals surface area contributed by atoms with E-state index < -0.39 is 11.9 Å². The Morgan fingerprint density at radius 1 is 1.12 bits per heavy atom. The quantitative estimate of drug-likeness (QED) is 0.881. The minimum atomic E-state index is -0.822. The summed E-state index contributed by atoms with van der Waals surface area (Å²) >= 11 is 0. The zero-order chi connectivity index (χ0) is 17.1. The second kappa shape index (κ2) is 7.03. The second-order valence-electron chi connectivity index (χ2n) is 6.56. The fourth-order valence-electron chi connectivity index (χ4n) is 3.73. The van der Waals surface area contributed by atoms with Crippen LogP contribution in [0.4, 0.5) is 0 Å². The molecule has 0 radical (unpaired) electrons. The molecule has 128 valence electrons. The van der Waals surface area contributed by atoms with E-state index in [0.717, 1.165) is 5.56 Å². The molecule has 1 saturated heterocycles. The van der Waals surface area contributed by atoms with Gasteiger partial charge in [0.15, 0.2) is 0 Å². The standard InChI is InChI=1S/C18H22N2O4/c21-16-11-15(12-4-2-1-3-5-12)20(9-8-19-16)17(22)13-6-7-14(10-13)18(23)24/h1-5,13-15H,6-11H2,(H,19,21)(H,23,24)/t13-,14+,15?/m1/s1. The van der Waals surface area contributed by atoms with Gasteiger partial charge in [0.1, 0.15) is 0 Å². The largest absolute Gasteiger partial charge is 0.481 e. The third-order valence-corrected chi connectivity index (χ3v) is 5.03. The van der Waals surface area contributed by atoms with Crippen LogP contribution in [0.3, 0.4) is 0 Å². The Morgan fingerprint density at radius 3 is 2.50 bits per heavy atom. The van der Waals surface area contributed by atoms with Crippen molar-refractivity contribution in [2.45, 2.75) is 31.7 Å². The Morgan fingerprint density at radius 2 is 1.83 bits per heavy atom. The summed E-state index contributed by atoms with van der Waals surface area (Å²) in [4.78, 5) is 37.9. The van der Waals surface area contributed by atoms with Crippen molar-refractivity contribution in [3.8, 4) is 0 Å². The maximum absolute atomic E-state index is 13.0. The molecule has 1 heterocycles. The van der Waals surface area contributed by atoms with Crippen LogP contribution in [0.25, 0.3) is 0 Å². The summed E-state index contributed by atoms with van der Waals surface area (Å²) in [6.07, 6.45) is 1.79. The molecule has 0 spiro atoms. The van der Waals surface area contributed by atoms with E-state index >= 15 is 0 Å². The van der Waals surface area contributed by atoms with Crippen LogP contribution in [-0.2, 0) is 14.4 Å². The summed E-state index contributed by atoms with van der Waals surface area (Å²) in [5.41, 5.74) is 0.940. The molecule has 2 amide bonds. The minimum Gasteiger partial charge on any atom is -0.481 e. The van der Waals surface area contributed by atoms with Crippen molar-refractivity contribution in [2.75, 3.05) is 13.1 Å². The van der Waals surface area contributed by atoms with Gasteiger partial charge in [-0.3, -0.25) is 14.4 Å². The van der Waals surface area contributed by atoms with Crippen molar-refractivity contribution in [3.05, 3.63) is 35.9 Å². The van der Waals surface area contributed by atoms with Crippen LogP contribution in [0.1, 0.15) is 37.3 Å². The highest BCUT2D eigenvalue weighted by molar-refractivity contribution is 5.83. The molecular weight excluding hydrogens is 308 g/mol. The molecule has 1 aliphatic heterocycles. The average Bonchev–Trinajstić information content (AvgIpc) is 3.00. The van der Waals surface area contributed by atoms with E-state index in [1.165, 1.54) is 0 Å². The molecule has 6 heteroatoms. The molecule has 1 aromatic rings. The third-order valence-electron chi connectivity index (χ3n) is 5.03. The molecule has 3 rings (SSSR count). The Balaban J connectivity index is 1.81. The summed E-state index contributed by atoms with van der Waals surface area (Å²) in [5.74, 6) is -1.60. The maximum Gasteiger partial charge on any atom is 0.306 e. The SMILES string of the molecule is O=C1CC(c2ccccc2)N(C(=O)[C@@H]2CC[C@H](C(=O)O)C2)CCN1. The summed E-state index contributed by atoms with van der Waals surface area (Å²) in [7, 11) is 0. The van der Waals surface area contributed by atoms with E-state index in [4.69, 9.17) is 5.11 Å². The van der Waals surface area contributed by atoms with Crippen LogP contribution < -0.4 is 5.32 Å². The van der Waals surface area contributed by atoms with Gasteiger partial charge in [-0.15, -0.1) is 0 Å². The van der Waals surface area contributed by atoms with Gasteiger partial charge in [0.05, 0.1) is 18.4 Å². The van der Waals surface area contributed by atoms with Crippen LogP contribution in [0.5, 0.6) is 0 Å². The number of hydrogen-bond acceptors (Lipinski definition) is 3. The lowest BCUT2D eigenvalue weighted by molar-refractivity contribution is -0.142. The van der Waals surface area contributed by atoms with Crippen molar-refractivity contribution in [2.24, 2.45) is 11.8 Å². The van der Waals surface area contributed by atoms with Gasteiger partial charge < -0.3 is 15.3 Å². The first-order valence-corrected chi connectivity index (χ1v) is 8.41. The Hall–Kier alpha value is -2.37. The van der Waals surface area contributed by atoms with Gasteiger partial charge in [-0.2, -0.15) is 0 Å². The van der Waals surface area contributed by atoms with Crippen LogP contribution in [0, 0.1) is 11.8 Å². The van der Waals surface area contributed by atoms with Crippen molar-refractivity contribution in [1.82, 2.24) is 10.2 Å². The van der Waals surface area contributed by atoms with Gasteiger partial charge in [0, 0.05) is 19.0 Å². The molecule has 2 N–H and O–H groups in total. The molecule has 1 aliphatic carbocycles. The first-order chi connectivity index (χ1) is 11.6. The zero-order valence-electron chi connectivity index (χ0n) is 13.5. The monoisotopic (exact) mass is 330 g/mol. The summed E-state index contributed by atoms with van der Waals surface area (Å²) in [6.45, 7) is 0.890. The second-order valence-corrected chi connectivity index (χ2v) is 6.56. The van der Waals surface area contributed by atoms with Crippen LogP contribution in [-0.4, -0.2) is 40.9 Å². The average molecular weight is 330 g/mol. The topological polar surface area (TPSA) is 86.7 Å². The van der Waals surface area contributed by atoms with Crippen molar-refractivity contribution < 1.29 is 19.5 Å². The highest BCUT2D eigenvalue weighted by Crippen LogP contribution is 2.35. The van der Waals surface area contributed by atoms with E-state index in [-0.39, 0.29) is 30.2 Å². The maximum atomic E-state index is 13.0. The van der Waals surface area contributed by atoms with Crippen LogP contribution in [0.2, 0.25) is 0 Å². The number of nitrogens with zero attached hydrogens (tertiary/aromatic N) is 1. The third kappa shape index (κ3) is 3.42. The predicted octanol–water partition coefficient (Wildman–Crippen LogP) is 1.58. The first-order valence-electron chi connectivity index (χ1n) is 8.41. The summed E-state index contributed by atoms with van der Waals surface area (Å²) < 4.78 is 0. The normalized spacial score (nSPS) is 27.4. The van der Waals surface area contributed by atoms with Crippen LogP contribution in [0.15, 0.2) is 30.3 Å². The molecule has 2 fully saturated rings. The molecule has 0 bridgehead atoms. The van der Waals surface area contributed by atoms with Gasteiger partial charge in [0.25, 0.3) is 0 Å². The van der Waals surface area contributed by atoms with Crippen molar-refractivity contribution in [3.63, 3.8) is 0 Å². The van der Waals surface area contributed by atoms with Gasteiger partial charge >= 0.3 is 5.97 Å². The summed E-state index contributed by atoms with van der Waals surface area (Å²) in [5, 5.41) is 12.0. The number of aliphatic carboxylic acids is 1. The van der Waals surface area contributed by atoms with E-state index in [2.05, 4.69) is 5.32 Å². The van der Waals surface area contributed by atoms with E-state index in [0.29, 0.717) is 32.4 Å². The van der Waals surface area contributed by atoms with Crippen LogP contribution >= 0.6 is 0 Å².